The van der Waals surface area contributed by atoms with Gasteiger partial charge in [0.1, 0.15) is 5.75 Å². The van der Waals surface area contributed by atoms with Crippen molar-refractivity contribution in [1.29, 1.82) is 0 Å². The highest BCUT2D eigenvalue weighted by molar-refractivity contribution is 6.50. The van der Waals surface area contributed by atoms with Crippen LogP contribution in [0.3, 0.4) is 0 Å². The quantitative estimate of drug-likeness (QED) is 0.118. The van der Waals surface area contributed by atoms with Gasteiger partial charge in [-0.3, -0.25) is 8.63 Å². The van der Waals surface area contributed by atoms with Gasteiger partial charge in [0.15, 0.2) is 6.42 Å². The average molecular weight is 501 g/mol. The molecular weight excluding hydrogens is 465 g/mol. The number of unbranched alkanes of at least 4 members (excludes halogenated alkanes) is 9. The van der Waals surface area contributed by atoms with Crippen LogP contribution >= 0.6 is 0 Å². The fraction of sp³-hybridized carbons (Fsp3) is 0.464. The third-order valence-corrected chi connectivity index (χ3v) is 6.25. The molecule has 1 aliphatic rings. The molecule has 0 spiro atoms. The van der Waals surface area contributed by atoms with E-state index in [1.54, 1.807) is 30.3 Å². The van der Waals surface area contributed by atoms with Crippen molar-refractivity contribution in [2.75, 3.05) is 6.61 Å². The fourth-order valence-electron chi connectivity index (χ4n) is 4.27. The topological polar surface area (TPSA) is 69.1 Å². The number of hydrogen-bond acceptors (Lipinski definition) is 2. The molecule has 0 saturated carbocycles. The monoisotopic (exact) mass is 501 g/mol. The third kappa shape index (κ3) is 8.88. The van der Waals surface area contributed by atoms with Crippen LogP contribution in [0.25, 0.3) is 0 Å². The number of hydrogen-bond donors (Lipinski definition) is 1. The minimum atomic E-state index is -4.57. The van der Waals surface area contributed by atoms with Crippen molar-refractivity contribution in [3.8, 4) is 5.75 Å². The largest absolute Gasteiger partial charge is 1.24 e. The first-order valence-corrected chi connectivity index (χ1v) is 13.0. The fourth-order valence-corrected chi connectivity index (χ4v) is 4.27. The van der Waals surface area contributed by atoms with Crippen molar-refractivity contribution < 1.29 is 32.0 Å². The van der Waals surface area contributed by atoms with Gasteiger partial charge in [-0.25, -0.2) is 4.79 Å². The zero-order valence-corrected chi connectivity index (χ0v) is 21.0. The van der Waals surface area contributed by atoms with Crippen molar-refractivity contribution in [2.45, 2.75) is 77.6 Å². The van der Waals surface area contributed by atoms with E-state index in [2.05, 4.69) is 6.92 Å². The van der Waals surface area contributed by atoms with Gasteiger partial charge in [-0.15, -0.1) is 0 Å². The molecule has 0 aliphatic carbocycles. The second-order valence-corrected chi connectivity index (χ2v) is 9.23. The minimum Gasteiger partial charge on any atom is -0.494 e. The molecule has 36 heavy (non-hydrogen) atoms. The first kappa shape index (κ1) is 27.6. The Morgan fingerprint density at radius 1 is 0.861 bits per heavy atom. The molecule has 1 aliphatic heterocycles. The third-order valence-electron chi connectivity index (χ3n) is 6.25. The highest BCUT2D eigenvalue weighted by Crippen LogP contribution is 2.24. The number of halogens is 2. The first-order valence-electron chi connectivity index (χ1n) is 13.0. The van der Waals surface area contributed by atoms with E-state index in [4.69, 9.17) is 13.4 Å². The number of ketones is 2. The molecule has 0 radical (unpaired) electrons. The Balaban J connectivity index is 1.46. The van der Waals surface area contributed by atoms with Gasteiger partial charge in [0, 0.05) is 0 Å². The van der Waals surface area contributed by atoms with Crippen LogP contribution in [0.15, 0.2) is 48.5 Å². The molecule has 194 valence electrons. The normalized spacial score (nSPS) is 14.8. The lowest BCUT2D eigenvalue weighted by Gasteiger charge is -2.09. The lowest BCUT2D eigenvalue weighted by molar-refractivity contribution is -0.320. The predicted molar refractivity (Wildman–Crippen MR) is 138 cm³/mol. The van der Waals surface area contributed by atoms with Gasteiger partial charge in [-0.05, 0) is 48.9 Å². The number of carboxylic acids is 1. The summed E-state index contributed by atoms with van der Waals surface area (Å²) in [6.45, 7) is 2.86. The highest BCUT2D eigenvalue weighted by atomic mass is 19.3. The average Bonchev–Trinajstić information content (AvgIpc) is 2.87. The number of aromatic carboxylic acids is 1. The van der Waals surface area contributed by atoms with E-state index in [0.29, 0.717) is 17.9 Å². The molecule has 0 aromatic heterocycles. The molecule has 0 unspecified atom stereocenters. The second kappa shape index (κ2) is 13.9. The van der Waals surface area contributed by atoms with Crippen LogP contribution in [-0.4, -0.2) is 36.4 Å². The van der Waals surface area contributed by atoms with Gasteiger partial charge in [0.05, 0.1) is 23.3 Å². The standard InChI is InChI=1S/C28H35BF2O5/c1-2-3-4-5-6-7-8-9-10-11-19-34-25-17-15-22(16-18-25)26-21-27(36-29(30,31)35-26)23-13-12-14-24(20-23)28(32)33/h12-18,20H,2-11,19,21H2,1H3/p+1. The van der Waals surface area contributed by atoms with Gasteiger partial charge in [-0.2, -0.15) is 0 Å². The van der Waals surface area contributed by atoms with Crippen molar-refractivity contribution in [1.82, 2.24) is 0 Å². The summed E-state index contributed by atoms with van der Waals surface area (Å²) >= 11 is 0. The number of rotatable bonds is 15. The van der Waals surface area contributed by atoms with Crippen LogP contribution in [0.4, 0.5) is 8.63 Å². The van der Waals surface area contributed by atoms with Crippen LogP contribution in [0, 0.1) is 0 Å². The molecule has 0 fully saturated rings. The Hall–Kier alpha value is -3.03. The molecule has 5 nitrogen and oxygen atoms in total. The summed E-state index contributed by atoms with van der Waals surface area (Å²) in [5.74, 6) is -0.411. The van der Waals surface area contributed by atoms with Gasteiger partial charge in [0.25, 0.3) is 11.6 Å². The molecule has 0 amide bonds. The maximum Gasteiger partial charge on any atom is 1.24 e. The van der Waals surface area contributed by atoms with Crippen LogP contribution in [0.2, 0.25) is 0 Å². The number of carboxylic acid groups (broad SMARTS) is 1. The smallest absolute Gasteiger partial charge is 0.494 e. The lowest BCUT2D eigenvalue weighted by Crippen LogP contribution is -2.31. The van der Waals surface area contributed by atoms with E-state index in [9.17, 15) is 18.5 Å². The Morgan fingerprint density at radius 2 is 1.44 bits per heavy atom. The first-order chi connectivity index (χ1) is 17.4. The molecule has 1 heterocycles. The summed E-state index contributed by atoms with van der Waals surface area (Å²) in [4.78, 5) is 11.2. The maximum atomic E-state index is 14.2. The number of benzene rings is 2. The summed E-state index contributed by atoms with van der Waals surface area (Å²) in [6.07, 6.45) is 12.6. The number of ether oxygens (including phenoxy) is 1. The molecular formula is C28H36BF2O5+. The van der Waals surface area contributed by atoms with Crippen LogP contribution < -0.4 is 4.74 Å². The van der Waals surface area contributed by atoms with E-state index < -0.39 is 13.1 Å². The van der Waals surface area contributed by atoms with Gasteiger partial charge < -0.3 is 18.5 Å². The van der Waals surface area contributed by atoms with E-state index in [0.717, 1.165) is 12.8 Å². The Labute approximate surface area is 212 Å². The van der Waals surface area contributed by atoms with Crippen molar-refractivity contribution in [2.24, 2.45) is 0 Å². The Bertz CT molecular complexity index is 1050. The second-order valence-electron chi connectivity index (χ2n) is 9.23. The van der Waals surface area contributed by atoms with E-state index in [-0.39, 0.29) is 29.1 Å². The summed E-state index contributed by atoms with van der Waals surface area (Å²) in [5.41, 5.74) is 0.781. The Morgan fingerprint density at radius 3 is 2.06 bits per heavy atom. The molecule has 0 atom stereocenters. The van der Waals surface area contributed by atoms with Crippen molar-refractivity contribution in [3.63, 3.8) is 0 Å². The van der Waals surface area contributed by atoms with E-state index in [1.165, 1.54) is 69.6 Å². The summed E-state index contributed by atoms with van der Waals surface area (Å²) < 4.78 is 43.9. The molecule has 0 bridgehead atoms. The zero-order valence-electron chi connectivity index (χ0n) is 21.0. The zero-order chi connectivity index (χ0) is 25.8. The SMILES string of the molecule is CCCCCCCCCCCCOc1ccc(C2=[O+][B-](F)(F)[O+]=C(c3cccc(C(=O)O)c3)C2)cc1. The van der Waals surface area contributed by atoms with Gasteiger partial charge in [0.2, 0.25) is 0 Å². The Kier molecular flexibility index (Phi) is 10.6. The number of carbonyl (C=O) groups excluding carboxylic acids is 2. The molecule has 8 heteroatoms. The van der Waals surface area contributed by atoms with Crippen molar-refractivity contribution >= 4 is 24.6 Å². The molecule has 0 saturated heterocycles. The van der Waals surface area contributed by atoms with Gasteiger partial charge >= 0.3 is 13.1 Å². The summed E-state index contributed by atoms with van der Waals surface area (Å²) in [6, 6.07) is 12.6. The van der Waals surface area contributed by atoms with Crippen LogP contribution in [0.1, 0.15) is 108 Å². The lowest BCUT2D eigenvalue weighted by atomic mass is 9.97. The maximum absolute atomic E-state index is 14.2. The molecule has 3 rings (SSSR count). The van der Waals surface area contributed by atoms with Crippen molar-refractivity contribution in [3.05, 3.63) is 65.2 Å². The highest BCUT2D eigenvalue weighted by Gasteiger charge is 2.69. The summed E-state index contributed by atoms with van der Waals surface area (Å²) in [7, 11) is -4.57. The van der Waals surface area contributed by atoms with E-state index >= 15 is 0 Å². The molecule has 1 N–H and O–H groups in total. The van der Waals surface area contributed by atoms with E-state index in [1.807, 2.05) is 0 Å². The minimum absolute atomic E-state index is 0.00336. The van der Waals surface area contributed by atoms with Gasteiger partial charge in [-0.1, -0.05) is 70.8 Å². The predicted octanol–water partition coefficient (Wildman–Crippen LogP) is 7.60. The van der Waals surface area contributed by atoms with Crippen LogP contribution in [-0.2, 0) is 0 Å². The summed E-state index contributed by atoms with van der Waals surface area (Å²) in [5, 5.41) is 9.19. The molecule has 2 aromatic carbocycles. The molecule has 2 aromatic rings. The number of carbonyl (C=O) groups is 1. The van der Waals surface area contributed by atoms with Crippen LogP contribution in [0.5, 0.6) is 5.75 Å².